The van der Waals surface area contributed by atoms with Gasteiger partial charge in [0.15, 0.2) is 17.3 Å². The van der Waals surface area contributed by atoms with Crippen LogP contribution in [0.5, 0.6) is 17.2 Å². The lowest BCUT2D eigenvalue weighted by molar-refractivity contribution is -0.121. The molecule has 0 aromatic heterocycles. The van der Waals surface area contributed by atoms with Crippen molar-refractivity contribution in [2.75, 3.05) is 27.9 Å². The topological polar surface area (TPSA) is 84.8 Å². The van der Waals surface area contributed by atoms with Crippen molar-refractivity contribution >= 4 is 23.8 Å². The minimum atomic E-state index is -0.193. The van der Waals surface area contributed by atoms with Crippen molar-refractivity contribution in [1.29, 1.82) is 0 Å². The highest BCUT2D eigenvalue weighted by Crippen LogP contribution is 2.47. The number of carbonyl (C=O) groups excluding carboxylic acids is 1. The summed E-state index contributed by atoms with van der Waals surface area (Å²) in [6, 6.07) is 1.76. The summed E-state index contributed by atoms with van der Waals surface area (Å²) in [5.74, 6) is 1.82. The highest BCUT2D eigenvalue weighted by atomic mass is 16.5. The van der Waals surface area contributed by atoms with E-state index in [1.165, 1.54) is 21.3 Å². The molecular formula is C13H14N4O4. The van der Waals surface area contributed by atoms with Crippen LogP contribution in [0.3, 0.4) is 0 Å². The summed E-state index contributed by atoms with van der Waals surface area (Å²) in [7, 11) is 4.60. The van der Waals surface area contributed by atoms with Gasteiger partial charge in [-0.05, 0) is 6.07 Å². The Balaban J connectivity index is 2.23. The largest absolute Gasteiger partial charge is 0.493 e. The Labute approximate surface area is 121 Å². The van der Waals surface area contributed by atoms with Gasteiger partial charge in [-0.15, -0.1) is 0 Å². The molecule has 1 N–H and O–H groups in total. The fourth-order valence-electron chi connectivity index (χ4n) is 2.32. The number of hydrazone groups is 1. The van der Waals surface area contributed by atoms with Gasteiger partial charge in [0, 0.05) is 0 Å². The Morgan fingerprint density at radius 1 is 1.19 bits per heavy atom. The first kappa shape index (κ1) is 13.2. The van der Waals surface area contributed by atoms with E-state index in [9.17, 15) is 4.79 Å². The molecule has 21 heavy (non-hydrogen) atoms. The van der Waals surface area contributed by atoms with Gasteiger partial charge in [-0.25, -0.2) is 10.4 Å². The summed E-state index contributed by atoms with van der Waals surface area (Å²) in [4.78, 5) is 17.4. The third-order valence-electron chi connectivity index (χ3n) is 3.24. The second-order valence-corrected chi connectivity index (χ2v) is 4.38. The van der Waals surface area contributed by atoms with Gasteiger partial charge in [0.1, 0.15) is 12.2 Å². The lowest BCUT2D eigenvalue weighted by Crippen LogP contribution is -2.46. The van der Waals surface area contributed by atoms with E-state index in [0.717, 1.165) is 0 Å². The molecule has 8 nitrogen and oxygen atoms in total. The Morgan fingerprint density at radius 2 is 1.95 bits per heavy atom. The molecule has 8 heteroatoms. The molecule has 1 aromatic rings. The van der Waals surface area contributed by atoms with Crippen molar-refractivity contribution in [3.8, 4) is 17.2 Å². The first-order chi connectivity index (χ1) is 10.2. The third kappa shape index (κ3) is 1.95. The second kappa shape index (κ2) is 4.97. The fourth-order valence-corrected chi connectivity index (χ4v) is 2.32. The average Bonchev–Trinajstić information content (AvgIpc) is 2.52. The first-order valence-corrected chi connectivity index (χ1v) is 6.20. The van der Waals surface area contributed by atoms with Gasteiger partial charge in [-0.2, -0.15) is 5.10 Å². The summed E-state index contributed by atoms with van der Waals surface area (Å²) in [5.41, 5.74) is 3.74. The van der Waals surface area contributed by atoms with Crippen LogP contribution in [0.4, 0.5) is 5.69 Å². The van der Waals surface area contributed by atoms with Gasteiger partial charge in [0.05, 0.1) is 33.2 Å². The summed E-state index contributed by atoms with van der Waals surface area (Å²) in [6.45, 7) is 0.165. The standard InChI is InChI=1S/C13H14N4O4/c1-19-8-4-7-10(12(21-3)11(8)20-2)14-6-17-5-9(18)15-16-13(7)17/h4,6H,5H2,1-3H3,(H,15,18). The molecule has 0 unspecified atom stereocenters. The van der Waals surface area contributed by atoms with Crippen LogP contribution >= 0.6 is 0 Å². The van der Waals surface area contributed by atoms with E-state index in [2.05, 4.69) is 15.5 Å². The predicted molar refractivity (Wildman–Crippen MR) is 75.6 cm³/mol. The molecule has 3 rings (SSSR count). The minimum absolute atomic E-state index is 0.165. The van der Waals surface area contributed by atoms with Crippen molar-refractivity contribution in [1.82, 2.24) is 10.3 Å². The Kier molecular flexibility index (Phi) is 3.13. The average molecular weight is 290 g/mol. The highest BCUT2D eigenvalue weighted by Gasteiger charge is 2.31. The molecule has 1 aromatic carbocycles. The van der Waals surface area contributed by atoms with Gasteiger partial charge >= 0.3 is 0 Å². The van der Waals surface area contributed by atoms with E-state index in [4.69, 9.17) is 14.2 Å². The molecule has 0 saturated heterocycles. The van der Waals surface area contributed by atoms with Crippen molar-refractivity contribution in [3.05, 3.63) is 11.6 Å². The summed E-state index contributed by atoms with van der Waals surface area (Å²) >= 11 is 0. The zero-order valence-corrected chi connectivity index (χ0v) is 11.8. The van der Waals surface area contributed by atoms with E-state index in [1.54, 1.807) is 17.3 Å². The number of carbonyl (C=O) groups is 1. The molecule has 0 aliphatic carbocycles. The van der Waals surface area contributed by atoms with Crippen LogP contribution < -0.4 is 19.6 Å². The predicted octanol–water partition coefficient (Wildman–Crippen LogP) is 0.479. The maximum Gasteiger partial charge on any atom is 0.260 e. The van der Waals surface area contributed by atoms with Gasteiger partial charge in [0.2, 0.25) is 5.75 Å². The summed E-state index contributed by atoms with van der Waals surface area (Å²) < 4.78 is 16.1. The molecule has 0 radical (unpaired) electrons. The molecule has 2 aliphatic rings. The molecule has 0 fully saturated rings. The lowest BCUT2D eigenvalue weighted by Gasteiger charge is -2.29. The Bertz CT molecular complexity index is 669. The van der Waals surface area contributed by atoms with E-state index in [1.807, 2.05) is 0 Å². The minimum Gasteiger partial charge on any atom is -0.493 e. The van der Waals surface area contributed by atoms with E-state index in [-0.39, 0.29) is 12.5 Å². The number of nitrogens with zero attached hydrogens (tertiary/aromatic N) is 3. The highest BCUT2D eigenvalue weighted by molar-refractivity contribution is 6.14. The van der Waals surface area contributed by atoms with Gasteiger partial charge < -0.3 is 19.1 Å². The Hall–Kier alpha value is -2.77. The molecule has 0 bridgehead atoms. The molecule has 0 spiro atoms. The number of ether oxygens (including phenoxy) is 3. The monoisotopic (exact) mass is 290 g/mol. The zero-order chi connectivity index (χ0) is 15.0. The van der Waals surface area contributed by atoms with Gasteiger partial charge in [-0.1, -0.05) is 0 Å². The molecule has 0 atom stereocenters. The number of aliphatic imine (C=N–C) groups is 1. The number of hydrogen-bond donors (Lipinski definition) is 1. The van der Waals surface area contributed by atoms with Crippen LogP contribution in [0.25, 0.3) is 0 Å². The number of amides is 1. The second-order valence-electron chi connectivity index (χ2n) is 4.38. The van der Waals surface area contributed by atoms with E-state index >= 15 is 0 Å². The molecule has 2 aliphatic heterocycles. The quantitative estimate of drug-likeness (QED) is 0.875. The smallest absolute Gasteiger partial charge is 0.260 e. The van der Waals surface area contributed by atoms with Crippen LogP contribution in [0.1, 0.15) is 5.56 Å². The number of amidine groups is 1. The van der Waals surface area contributed by atoms with Crippen LogP contribution in [0.15, 0.2) is 16.2 Å². The van der Waals surface area contributed by atoms with Crippen LogP contribution in [0.2, 0.25) is 0 Å². The number of hydrogen-bond acceptors (Lipinski definition) is 7. The summed E-state index contributed by atoms with van der Waals surface area (Å²) in [5, 5.41) is 4.08. The fraction of sp³-hybridized carbons (Fsp3) is 0.308. The zero-order valence-electron chi connectivity index (χ0n) is 11.8. The van der Waals surface area contributed by atoms with Crippen LogP contribution in [-0.2, 0) is 4.79 Å². The van der Waals surface area contributed by atoms with Crippen molar-refractivity contribution in [2.24, 2.45) is 10.1 Å². The maximum absolute atomic E-state index is 11.4. The normalized spacial score (nSPS) is 15.7. The number of fused-ring (bicyclic) bond motifs is 3. The van der Waals surface area contributed by atoms with Crippen molar-refractivity contribution in [3.63, 3.8) is 0 Å². The van der Waals surface area contributed by atoms with Crippen molar-refractivity contribution in [2.45, 2.75) is 0 Å². The van der Waals surface area contributed by atoms with E-state index in [0.29, 0.717) is 34.3 Å². The number of methoxy groups -OCH3 is 3. The van der Waals surface area contributed by atoms with Gasteiger partial charge in [-0.3, -0.25) is 4.79 Å². The summed E-state index contributed by atoms with van der Waals surface area (Å²) in [6.07, 6.45) is 1.55. The SMILES string of the molecule is COc1cc2c(c(OC)c1OC)N=CN1CC(=O)NN=C21. The van der Waals surface area contributed by atoms with Crippen LogP contribution in [-0.4, -0.2) is 50.9 Å². The van der Waals surface area contributed by atoms with Crippen molar-refractivity contribution < 1.29 is 19.0 Å². The molecular weight excluding hydrogens is 276 g/mol. The Morgan fingerprint density at radius 3 is 2.62 bits per heavy atom. The molecule has 0 saturated carbocycles. The number of nitrogens with one attached hydrogen (secondary N) is 1. The third-order valence-corrected chi connectivity index (χ3v) is 3.24. The maximum atomic E-state index is 11.4. The molecule has 1 amide bonds. The van der Waals surface area contributed by atoms with E-state index < -0.39 is 0 Å². The molecule has 110 valence electrons. The first-order valence-electron chi connectivity index (χ1n) is 6.20. The number of rotatable bonds is 3. The van der Waals surface area contributed by atoms with Crippen LogP contribution in [0, 0.1) is 0 Å². The lowest BCUT2D eigenvalue weighted by atomic mass is 10.1. The number of benzene rings is 1. The van der Waals surface area contributed by atoms with Gasteiger partial charge in [0.25, 0.3) is 5.91 Å². The molecule has 2 heterocycles.